The highest BCUT2D eigenvalue weighted by Gasteiger charge is 2.16. The van der Waals surface area contributed by atoms with Crippen LogP contribution in [0.25, 0.3) is 0 Å². The van der Waals surface area contributed by atoms with Crippen LogP contribution >= 0.6 is 15.9 Å². The van der Waals surface area contributed by atoms with E-state index < -0.39 is 4.92 Å². The first-order valence-corrected chi connectivity index (χ1v) is 8.56. The third kappa shape index (κ3) is 5.38. The van der Waals surface area contributed by atoms with Crippen molar-refractivity contribution in [3.8, 4) is 0 Å². The summed E-state index contributed by atoms with van der Waals surface area (Å²) in [6.07, 6.45) is 1.32. The van der Waals surface area contributed by atoms with Crippen molar-refractivity contribution in [3.63, 3.8) is 0 Å². The Morgan fingerprint density at radius 3 is 2.69 bits per heavy atom. The molecule has 138 valence electrons. The monoisotopic (exact) mass is 423 g/mol. The van der Waals surface area contributed by atoms with E-state index in [9.17, 15) is 19.7 Å². The number of hydrogen-bond acceptors (Lipinski definition) is 5. The van der Waals surface area contributed by atoms with Gasteiger partial charge < -0.3 is 20.7 Å². The maximum atomic E-state index is 12.0. The summed E-state index contributed by atoms with van der Waals surface area (Å²) in [5, 5.41) is 16.1. The van der Waals surface area contributed by atoms with Crippen molar-refractivity contribution >= 4 is 39.2 Å². The highest BCUT2D eigenvalue weighted by molar-refractivity contribution is 9.10. The van der Waals surface area contributed by atoms with Crippen molar-refractivity contribution in [1.82, 2.24) is 14.9 Å². The molecule has 0 radical (unpaired) electrons. The van der Waals surface area contributed by atoms with Crippen molar-refractivity contribution in [2.24, 2.45) is 0 Å². The number of hydrogen-bond donors (Lipinski definition) is 2. The predicted molar refractivity (Wildman–Crippen MR) is 98.8 cm³/mol. The second-order valence-corrected chi connectivity index (χ2v) is 6.55. The SMILES string of the molecule is Cc1ccc(Br)cc1NC(=O)CCNC(=O)Cn1cc([N+](=O)[O-])nc1C. The number of rotatable bonds is 7. The molecule has 0 spiro atoms. The fourth-order valence-electron chi connectivity index (χ4n) is 2.21. The number of nitrogens with one attached hydrogen (secondary N) is 2. The first kappa shape index (κ1) is 19.6. The second kappa shape index (κ2) is 8.56. The van der Waals surface area contributed by atoms with Crippen molar-refractivity contribution in [2.75, 3.05) is 11.9 Å². The second-order valence-electron chi connectivity index (χ2n) is 5.64. The van der Waals surface area contributed by atoms with E-state index in [-0.39, 0.29) is 37.1 Å². The molecule has 0 saturated carbocycles. The molecule has 1 aromatic carbocycles. The van der Waals surface area contributed by atoms with Gasteiger partial charge in [0.2, 0.25) is 17.6 Å². The molecule has 2 N–H and O–H groups in total. The molecule has 9 nitrogen and oxygen atoms in total. The van der Waals surface area contributed by atoms with E-state index in [1.807, 2.05) is 19.1 Å². The third-order valence-electron chi connectivity index (χ3n) is 3.61. The minimum atomic E-state index is -0.615. The van der Waals surface area contributed by atoms with E-state index in [0.717, 1.165) is 10.0 Å². The lowest BCUT2D eigenvalue weighted by atomic mass is 10.2. The maximum absolute atomic E-state index is 12.0. The van der Waals surface area contributed by atoms with Crippen LogP contribution in [0.15, 0.2) is 28.9 Å². The molecule has 0 saturated heterocycles. The van der Waals surface area contributed by atoms with Crippen molar-refractivity contribution in [1.29, 1.82) is 0 Å². The summed E-state index contributed by atoms with van der Waals surface area (Å²) in [5.74, 6) is -0.512. The first-order valence-electron chi connectivity index (χ1n) is 7.77. The predicted octanol–water partition coefficient (Wildman–Crippen LogP) is 2.32. The zero-order chi connectivity index (χ0) is 19.3. The number of anilines is 1. The number of nitro groups is 1. The van der Waals surface area contributed by atoms with Crippen LogP contribution in [0.2, 0.25) is 0 Å². The molecular formula is C16H18BrN5O4. The number of aryl methyl sites for hydroxylation is 2. The Labute approximate surface area is 158 Å². The van der Waals surface area contributed by atoms with Gasteiger partial charge in [-0.25, -0.2) is 0 Å². The molecule has 0 atom stereocenters. The Hall–Kier alpha value is -2.75. The molecule has 10 heteroatoms. The van der Waals surface area contributed by atoms with Gasteiger partial charge in [0, 0.05) is 30.0 Å². The summed E-state index contributed by atoms with van der Waals surface area (Å²) in [6.45, 7) is 3.52. The highest BCUT2D eigenvalue weighted by atomic mass is 79.9. The number of carbonyl (C=O) groups excluding carboxylic acids is 2. The zero-order valence-electron chi connectivity index (χ0n) is 14.3. The fourth-order valence-corrected chi connectivity index (χ4v) is 2.57. The van der Waals surface area contributed by atoms with E-state index in [1.165, 1.54) is 10.8 Å². The van der Waals surface area contributed by atoms with Gasteiger partial charge in [-0.1, -0.05) is 22.0 Å². The van der Waals surface area contributed by atoms with Gasteiger partial charge in [-0.05, 0) is 34.5 Å². The summed E-state index contributed by atoms with van der Waals surface area (Å²) in [5.41, 5.74) is 1.64. The number of nitrogens with zero attached hydrogens (tertiary/aromatic N) is 3. The van der Waals surface area contributed by atoms with E-state index in [4.69, 9.17) is 0 Å². The van der Waals surface area contributed by atoms with Crippen molar-refractivity contribution in [2.45, 2.75) is 26.8 Å². The zero-order valence-corrected chi connectivity index (χ0v) is 15.9. The Morgan fingerprint density at radius 2 is 2.04 bits per heavy atom. The summed E-state index contributed by atoms with van der Waals surface area (Å²) in [6, 6.07) is 5.57. The molecule has 2 aromatic rings. The number of aromatic nitrogens is 2. The molecule has 1 aromatic heterocycles. The van der Waals surface area contributed by atoms with E-state index >= 15 is 0 Å². The van der Waals surface area contributed by atoms with E-state index in [2.05, 4.69) is 31.5 Å². The van der Waals surface area contributed by atoms with Crippen LogP contribution < -0.4 is 10.6 Å². The minimum Gasteiger partial charge on any atom is -0.358 e. The number of halogens is 1. The summed E-state index contributed by atoms with van der Waals surface area (Å²) in [7, 11) is 0. The standard InChI is InChI=1S/C16H18BrN5O4/c1-10-3-4-12(17)7-13(10)20-15(23)5-6-18-16(24)9-21-8-14(22(25)26)19-11(21)2/h3-4,7-8H,5-6,9H2,1-2H3,(H,18,24)(H,20,23). The van der Waals surface area contributed by atoms with Gasteiger partial charge in [-0.3, -0.25) is 14.2 Å². The lowest BCUT2D eigenvalue weighted by Crippen LogP contribution is -2.30. The van der Waals surface area contributed by atoms with Gasteiger partial charge in [0.15, 0.2) is 0 Å². The summed E-state index contributed by atoms with van der Waals surface area (Å²) < 4.78 is 2.25. The Bertz CT molecular complexity index is 849. The molecule has 0 unspecified atom stereocenters. The minimum absolute atomic E-state index is 0.0982. The van der Waals surface area contributed by atoms with Crippen LogP contribution in [0.3, 0.4) is 0 Å². The number of benzene rings is 1. The normalized spacial score (nSPS) is 10.4. The van der Waals surface area contributed by atoms with Crippen LogP contribution in [0.4, 0.5) is 11.5 Å². The first-order chi connectivity index (χ1) is 12.3. The molecule has 1 heterocycles. The van der Waals surface area contributed by atoms with Crippen molar-refractivity contribution < 1.29 is 14.5 Å². The maximum Gasteiger partial charge on any atom is 0.381 e. The molecule has 2 rings (SSSR count). The Balaban J connectivity index is 1.80. The molecule has 2 amide bonds. The molecular weight excluding hydrogens is 406 g/mol. The average Bonchev–Trinajstić information content (AvgIpc) is 2.92. The third-order valence-corrected chi connectivity index (χ3v) is 4.11. The lowest BCUT2D eigenvalue weighted by molar-refractivity contribution is -0.389. The van der Waals surface area contributed by atoms with E-state index in [0.29, 0.717) is 11.5 Å². The quantitative estimate of drug-likeness (QED) is 0.522. The van der Waals surface area contributed by atoms with Crippen LogP contribution in [-0.2, 0) is 16.1 Å². The fraction of sp³-hybridized carbons (Fsp3) is 0.312. The average molecular weight is 424 g/mol. The van der Waals surface area contributed by atoms with Gasteiger partial charge in [-0.2, -0.15) is 0 Å². The Kier molecular flexibility index (Phi) is 6.45. The van der Waals surface area contributed by atoms with Gasteiger partial charge in [0.25, 0.3) is 0 Å². The molecule has 0 aliphatic carbocycles. The lowest BCUT2D eigenvalue weighted by Gasteiger charge is -2.09. The van der Waals surface area contributed by atoms with Gasteiger partial charge in [0.1, 0.15) is 12.7 Å². The smallest absolute Gasteiger partial charge is 0.358 e. The van der Waals surface area contributed by atoms with Crippen LogP contribution in [0.1, 0.15) is 17.8 Å². The van der Waals surface area contributed by atoms with Crippen LogP contribution in [0.5, 0.6) is 0 Å². The molecule has 0 fully saturated rings. The van der Waals surface area contributed by atoms with E-state index in [1.54, 1.807) is 13.0 Å². The molecule has 0 bridgehead atoms. The summed E-state index contributed by atoms with van der Waals surface area (Å²) >= 11 is 3.35. The highest BCUT2D eigenvalue weighted by Crippen LogP contribution is 2.20. The molecule has 0 aliphatic heterocycles. The summed E-state index contributed by atoms with van der Waals surface area (Å²) in [4.78, 5) is 37.7. The molecule has 0 aliphatic rings. The van der Waals surface area contributed by atoms with Crippen LogP contribution in [-0.4, -0.2) is 32.8 Å². The number of imidazole rings is 1. The van der Waals surface area contributed by atoms with Crippen molar-refractivity contribution in [3.05, 3.63) is 50.4 Å². The number of carbonyl (C=O) groups is 2. The largest absolute Gasteiger partial charge is 0.381 e. The topological polar surface area (TPSA) is 119 Å². The Morgan fingerprint density at radius 1 is 1.31 bits per heavy atom. The van der Waals surface area contributed by atoms with Gasteiger partial charge in [0.05, 0.1) is 0 Å². The van der Waals surface area contributed by atoms with Gasteiger partial charge >= 0.3 is 5.82 Å². The molecule has 26 heavy (non-hydrogen) atoms. The van der Waals surface area contributed by atoms with Crippen LogP contribution in [0, 0.1) is 24.0 Å². The van der Waals surface area contributed by atoms with Gasteiger partial charge in [-0.15, -0.1) is 0 Å². The number of amides is 2.